The van der Waals surface area contributed by atoms with Gasteiger partial charge in [0.05, 0.1) is 0 Å². The van der Waals surface area contributed by atoms with E-state index in [0.29, 0.717) is 12.1 Å². The Kier molecular flexibility index (Phi) is 3.59. The normalized spacial score (nSPS) is 22.6. The molecule has 2 aromatic heterocycles. The van der Waals surface area contributed by atoms with Crippen LogP contribution in [0.4, 0.5) is 0 Å². The van der Waals surface area contributed by atoms with Crippen molar-refractivity contribution in [3.63, 3.8) is 0 Å². The number of fused-ring (bicyclic) bond motifs is 3. The van der Waals surface area contributed by atoms with Crippen LogP contribution in [0.25, 0.3) is 11.4 Å². The fraction of sp³-hybridized carbons (Fsp3) is 0.350. The van der Waals surface area contributed by atoms with Crippen LogP contribution in [0.3, 0.4) is 0 Å². The SMILES string of the molecule is c1ccc(-c2nnc3n2CC2CCC(C3)N2Cc2cccnc2)cc1. The average Bonchev–Trinajstić information content (AvgIpc) is 3.17. The molecule has 0 N–H and O–H groups in total. The molecule has 25 heavy (non-hydrogen) atoms. The first-order chi connectivity index (χ1) is 12.4. The fourth-order valence-corrected chi connectivity index (χ4v) is 4.29. The fourth-order valence-electron chi connectivity index (χ4n) is 4.29. The van der Waals surface area contributed by atoms with Gasteiger partial charge in [0.2, 0.25) is 0 Å². The smallest absolute Gasteiger partial charge is 0.164 e. The van der Waals surface area contributed by atoms with Crippen molar-refractivity contribution >= 4 is 0 Å². The molecular weight excluding hydrogens is 310 g/mol. The van der Waals surface area contributed by atoms with E-state index in [1.54, 1.807) is 0 Å². The standard InChI is InChI=1S/C20H21N5/c1-2-6-16(7-3-1)20-23-22-19-11-17-8-9-18(14-25(19)20)24(17)13-15-5-4-10-21-12-15/h1-7,10,12,17-18H,8-9,11,13-14H2. The molecule has 0 amide bonds. The zero-order valence-electron chi connectivity index (χ0n) is 14.1. The van der Waals surface area contributed by atoms with E-state index in [1.165, 1.54) is 18.4 Å². The third-order valence-corrected chi connectivity index (χ3v) is 5.53. The Bertz CT molecular complexity index is 858. The minimum atomic E-state index is 0.546. The Morgan fingerprint density at radius 3 is 2.68 bits per heavy atom. The minimum absolute atomic E-state index is 0.546. The number of aromatic nitrogens is 4. The number of nitrogens with zero attached hydrogens (tertiary/aromatic N) is 5. The van der Waals surface area contributed by atoms with Crippen molar-refractivity contribution in [2.75, 3.05) is 0 Å². The number of hydrogen-bond acceptors (Lipinski definition) is 4. The molecule has 0 aliphatic carbocycles. The van der Waals surface area contributed by atoms with Crippen LogP contribution in [0.2, 0.25) is 0 Å². The second-order valence-electron chi connectivity index (χ2n) is 7.04. The predicted octanol–water partition coefficient (Wildman–Crippen LogP) is 2.93. The summed E-state index contributed by atoms with van der Waals surface area (Å²) < 4.78 is 2.34. The van der Waals surface area contributed by atoms with Gasteiger partial charge in [0.25, 0.3) is 0 Å². The maximum Gasteiger partial charge on any atom is 0.164 e. The summed E-state index contributed by atoms with van der Waals surface area (Å²) in [4.78, 5) is 6.93. The molecule has 5 nitrogen and oxygen atoms in total. The Labute approximate surface area is 147 Å². The van der Waals surface area contributed by atoms with E-state index in [0.717, 1.165) is 36.7 Å². The van der Waals surface area contributed by atoms with Crippen LogP contribution in [-0.4, -0.2) is 36.7 Å². The lowest BCUT2D eigenvalue weighted by Crippen LogP contribution is -2.36. The predicted molar refractivity (Wildman–Crippen MR) is 95.8 cm³/mol. The van der Waals surface area contributed by atoms with Gasteiger partial charge in [0.15, 0.2) is 5.82 Å². The quantitative estimate of drug-likeness (QED) is 0.740. The van der Waals surface area contributed by atoms with E-state index in [4.69, 9.17) is 0 Å². The third-order valence-electron chi connectivity index (χ3n) is 5.53. The van der Waals surface area contributed by atoms with Crippen molar-refractivity contribution in [3.05, 3.63) is 66.2 Å². The molecule has 0 radical (unpaired) electrons. The second kappa shape index (κ2) is 6.08. The summed E-state index contributed by atoms with van der Waals surface area (Å²) in [5.41, 5.74) is 2.44. The van der Waals surface area contributed by atoms with Crippen LogP contribution in [-0.2, 0) is 19.5 Å². The van der Waals surface area contributed by atoms with E-state index in [2.05, 4.69) is 55.0 Å². The molecule has 0 saturated carbocycles. The third kappa shape index (κ3) is 2.65. The van der Waals surface area contributed by atoms with Crippen LogP contribution in [0, 0.1) is 0 Å². The lowest BCUT2D eigenvalue weighted by Gasteiger charge is -2.27. The van der Waals surface area contributed by atoms with Gasteiger partial charge < -0.3 is 4.57 Å². The first-order valence-corrected chi connectivity index (χ1v) is 9.00. The summed E-state index contributed by atoms with van der Waals surface area (Å²) in [6.45, 7) is 1.95. The van der Waals surface area contributed by atoms with E-state index >= 15 is 0 Å². The van der Waals surface area contributed by atoms with Crippen LogP contribution < -0.4 is 0 Å². The van der Waals surface area contributed by atoms with Gasteiger partial charge in [-0.2, -0.15) is 0 Å². The van der Waals surface area contributed by atoms with Crippen LogP contribution in [0.1, 0.15) is 24.2 Å². The Hall–Kier alpha value is -2.53. The first kappa shape index (κ1) is 14.8. The van der Waals surface area contributed by atoms with Gasteiger partial charge in [-0.25, -0.2) is 0 Å². The number of pyridine rings is 1. The van der Waals surface area contributed by atoms with Crippen molar-refractivity contribution in [1.29, 1.82) is 0 Å². The number of benzene rings is 1. The van der Waals surface area contributed by atoms with E-state index in [9.17, 15) is 0 Å². The van der Waals surface area contributed by atoms with Crippen molar-refractivity contribution < 1.29 is 0 Å². The monoisotopic (exact) mass is 331 g/mol. The molecule has 2 unspecified atom stereocenters. The summed E-state index contributed by atoms with van der Waals surface area (Å²) in [7, 11) is 0. The molecule has 1 fully saturated rings. The molecule has 2 aliphatic heterocycles. The Morgan fingerprint density at radius 2 is 1.84 bits per heavy atom. The molecule has 2 bridgehead atoms. The molecule has 2 atom stereocenters. The highest BCUT2D eigenvalue weighted by Crippen LogP contribution is 2.34. The summed E-state index contributed by atoms with van der Waals surface area (Å²) in [6, 6.07) is 15.7. The first-order valence-electron chi connectivity index (χ1n) is 9.00. The van der Waals surface area contributed by atoms with Gasteiger partial charge in [-0.1, -0.05) is 36.4 Å². The molecule has 2 aliphatic rings. The van der Waals surface area contributed by atoms with Crippen molar-refractivity contribution in [3.8, 4) is 11.4 Å². The highest BCUT2D eigenvalue weighted by molar-refractivity contribution is 5.55. The van der Waals surface area contributed by atoms with Gasteiger partial charge >= 0.3 is 0 Å². The van der Waals surface area contributed by atoms with Crippen LogP contribution in [0.15, 0.2) is 54.9 Å². The van der Waals surface area contributed by atoms with Crippen LogP contribution >= 0.6 is 0 Å². The van der Waals surface area contributed by atoms with E-state index in [-0.39, 0.29) is 0 Å². The average molecular weight is 331 g/mol. The van der Waals surface area contributed by atoms with Gasteiger partial charge in [0.1, 0.15) is 5.82 Å². The zero-order chi connectivity index (χ0) is 16.6. The Balaban J connectivity index is 1.46. The Morgan fingerprint density at radius 1 is 0.960 bits per heavy atom. The van der Waals surface area contributed by atoms with Crippen molar-refractivity contribution in [2.45, 2.75) is 44.4 Å². The van der Waals surface area contributed by atoms with Gasteiger partial charge in [-0.3, -0.25) is 9.88 Å². The van der Waals surface area contributed by atoms with Crippen molar-refractivity contribution in [2.24, 2.45) is 0 Å². The van der Waals surface area contributed by atoms with Gasteiger partial charge in [-0.05, 0) is 24.5 Å². The lowest BCUT2D eigenvalue weighted by atomic mass is 10.1. The number of hydrogen-bond donors (Lipinski definition) is 0. The molecule has 5 heteroatoms. The zero-order valence-corrected chi connectivity index (χ0v) is 14.1. The summed E-state index contributed by atoms with van der Waals surface area (Å²) >= 11 is 0. The molecule has 1 aromatic carbocycles. The van der Waals surface area contributed by atoms with Gasteiger partial charge in [-0.15, -0.1) is 10.2 Å². The van der Waals surface area contributed by atoms with Gasteiger partial charge in [0, 0.05) is 49.6 Å². The number of rotatable bonds is 3. The molecule has 126 valence electrons. The molecule has 0 spiro atoms. The molecule has 3 aromatic rings. The minimum Gasteiger partial charge on any atom is -0.309 e. The highest BCUT2D eigenvalue weighted by Gasteiger charge is 2.38. The lowest BCUT2D eigenvalue weighted by molar-refractivity contribution is 0.180. The largest absolute Gasteiger partial charge is 0.309 e. The van der Waals surface area contributed by atoms with Crippen LogP contribution in [0.5, 0.6) is 0 Å². The maximum atomic E-state index is 4.53. The molecule has 1 saturated heterocycles. The highest BCUT2D eigenvalue weighted by atomic mass is 15.3. The maximum absolute atomic E-state index is 4.53. The molecular formula is C20H21N5. The second-order valence-corrected chi connectivity index (χ2v) is 7.04. The topological polar surface area (TPSA) is 46.8 Å². The van der Waals surface area contributed by atoms with E-state index < -0.39 is 0 Å². The van der Waals surface area contributed by atoms with E-state index in [1.807, 2.05) is 24.5 Å². The summed E-state index contributed by atoms with van der Waals surface area (Å²) in [5.74, 6) is 2.13. The molecule has 5 rings (SSSR count). The van der Waals surface area contributed by atoms with Crippen molar-refractivity contribution in [1.82, 2.24) is 24.6 Å². The molecule has 4 heterocycles. The summed E-state index contributed by atoms with van der Waals surface area (Å²) in [5, 5.41) is 9.03. The summed E-state index contributed by atoms with van der Waals surface area (Å²) in [6.07, 6.45) is 7.31.